The Balaban J connectivity index is 2.51. The summed E-state index contributed by atoms with van der Waals surface area (Å²) in [7, 11) is 0. The first kappa shape index (κ1) is 5.37. The first-order valence-electron chi connectivity index (χ1n) is 2.08. The molecule has 0 aliphatic carbocycles. The summed E-state index contributed by atoms with van der Waals surface area (Å²) in [5.41, 5.74) is 0. The minimum atomic E-state index is 1.44. The third kappa shape index (κ3) is 1.10. The highest BCUT2D eigenvalue weighted by molar-refractivity contribution is 7.99. The van der Waals surface area contributed by atoms with E-state index in [4.69, 9.17) is 0 Å². The Morgan fingerprint density at radius 2 is 2.62 bits per heavy atom. The second kappa shape index (κ2) is 2.52. The van der Waals surface area contributed by atoms with Crippen molar-refractivity contribution in [2.24, 2.45) is 10.3 Å². The van der Waals surface area contributed by atoms with Crippen molar-refractivity contribution in [3.63, 3.8) is 0 Å². The van der Waals surface area contributed by atoms with Gasteiger partial charge in [-0.3, -0.25) is 0 Å². The van der Waals surface area contributed by atoms with Crippen LogP contribution in [0.4, 0.5) is 0 Å². The van der Waals surface area contributed by atoms with Crippen LogP contribution in [0.15, 0.2) is 34.7 Å². The average molecular weight is 127 g/mol. The van der Waals surface area contributed by atoms with Gasteiger partial charge in [-0.05, 0) is 0 Å². The minimum Gasteiger partial charge on any atom is -0.192 e. The predicted octanol–water partition coefficient (Wildman–Crippen LogP) is 1.93. The molecule has 0 unspecified atom stereocenters. The van der Waals surface area contributed by atoms with Gasteiger partial charge in [-0.2, -0.15) is 4.41 Å². The van der Waals surface area contributed by atoms with Gasteiger partial charge in [0, 0.05) is 23.6 Å². The lowest BCUT2D eigenvalue weighted by molar-refractivity contribution is 0.624. The van der Waals surface area contributed by atoms with E-state index in [0.29, 0.717) is 0 Å². The van der Waals surface area contributed by atoms with Gasteiger partial charge in [0.15, 0.2) is 0 Å². The number of hydrogen-bond donors (Lipinski definition) is 0. The van der Waals surface area contributed by atoms with E-state index in [-0.39, 0.29) is 0 Å². The molecule has 0 bridgehead atoms. The molecule has 1 aliphatic rings. The summed E-state index contributed by atoms with van der Waals surface area (Å²) in [5.74, 6) is 0. The van der Waals surface area contributed by atoms with Gasteiger partial charge in [0.25, 0.3) is 0 Å². The Morgan fingerprint density at radius 1 is 1.75 bits per heavy atom. The lowest BCUT2D eigenvalue weighted by Crippen LogP contribution is -1.94. The molecule has 0 fully saturated rings. The van der Waals surface area contributed by atoms with Gasteiger partial charge in [-0.1, -0.05) is 11.8 Å². The molecular formula is C4H5N3S. The summed E-state index contributed by atoms with van der Waals surface area (Å²) in [4.78, 5) is 0. The molecule has 0 saturated carbocycles. The molecule has 3 nitrogen and oxygen atoms in total. The molecular weight excluding hydrogens is 122 g/mol. The molecule has 8 heavy (non-hydrogen) atoms. The zero-order chi connectivity index (χ0) is 5.82. The lowest BCUT2D eigenvalue weighted by Gasteiger charge is -2.07. The number of rotatable bonds is 1. The maximum Gasteiger partial charge on any atom is 0.0595 e. The second-order valence-corrected chi connectivity index (χ2v) is 1.94. The van der Waals surface area contributed by atoms with Crippen LogP contribution >= 0.6 is 11.9 Å². The largest absolute Gasteiger partial charge is 0.192 e. The normalized spacial score (nSPS) is 16.8. The van der Waals surface area contributed by atoms with E-state index >= 15 is 0 Å². The summed E-state index contributed by atoms with van der Waals surface area (Å²) in [6.07, 6.45) is 3.22. The van der Waals surface area contributed by atoms with Crippen LogP contribution in [0.3, 0.4) is 0 Å². The van der Waals surface area contributed by atoms with Gasteiger partial charge in [0.1, 0.15) is 0 Å². The van der Waals surface area contributed by atoms with E-state index in [9.17, 15) is 0 Å². The molecule has 0 atom stereocenters. The van der Waals surface area contributed by atoms with Crippen molar-refractivity contribution in [3.05, 3.63) is 24.4 Å². The van der Waals surface area contributed by atoms with Crippen molar-refractivity contribution in [3.8, 4) is 0 Å². The fourth-order valence-corrected chi connectivity index (χ4v) is 0.702. The number of nitrogens with zero attached hydrogens (tertiary/aromatic N) is 3. The van der Waals surface area contributed by atoms with Crippen LogP contribution in [0.1, 0.15) is 0 Å². The van der Waals surface area contributed by atoms with Crippen molar-refractivity contribution in [1.82, 2.24) is 4.41 Å². The summed E-state index contributed by atoms with van der Waals surface area (Å²) < 4.78 is 1.57. The summed E-state index contributed by atoms with van der Waals surface area (Å²) in [6, 6.07) is 0. The van der Waals surface area contributed by atoms with Crippen LogP contribution in [-0.2, 0) is 0 Å². The van der Waals surface area contributed by atoms with Gasteiger partial charge in [-0.15, -0.1) is 5.11 Å². The average Bonchev–Trinajstić information content (AvgIpc) is 1.90. The summed E-state index contributed by atoms with van der Waals surface area (Å²) in [6.45, 7) is 3.50. The molecule has 0 aromatic heterocycles. The fourth-order valence-electron chi connectivity index (χ4n) is 0.298. The highest BCUT2D eigenvalue weighted by Gasteiger charge is 1.93. The highest BCUT2D eigenvalue weighted by atomic mass is 32.2. The maximum atomic E-state index is 3.66. The molecule has 0 radical (unpaired) electrons. The van der Waals surface area contributed by atoms with Gasteiger partial charge in [0.05, 0.1) is 6.20 Å². The summed E-state index contributed by atoms with van der Waals surface area (Å²) >= 11 is 1.44. The molecule has 4 heteroatoms. The SMILES string of the molecule is C=CN1N=NC=CS1. The molecule has 0 spiro atoms. The van der Waals surface area contributed by atoms with Gasteiger partial charge < -0.3 is 0 Å². The Kier molecular flexibility index (Phi) is 1.69. The fraction of sp³-hybridized carbons (Fsp3) is 0. The van der Waals surface area contributed by atoms with Gasteiger partial charge >= 0.3 is 0 Å². The van der Waals surface area contributed by atoms with Gasteiger partial charge in [0.2, 0.25) is 0 Å². The first-order valence-corrected chi connectivity index (χ1v) is 2.91. The lowest BCUT2D eigenvalue weighted by atomic mass is 11.1. The molecule has 1 aliphatic heterocycles. The van der Waals surface area contributed by atoms with E-state index in [2.05, 4.69) is 16.9 Å². The molecule has 0 aromatic rings. The monoisotopic (exact) mass is 127 g/mol. The molecule has 0 aromatic carbocycles. The van der Waals surface area contributed by atoms with E-state index < -0.39 is 0 Å². The number of hydrogen-bond acceptors (Lipinski definition) is 4. The van der Waals surface area contributed by atoms with Crippen LogP contribution in [-0.4, -0.2) is 4.41 Å². The quantitative estimate of drug-likeness (QED) is 0.503. The van der Waals surface area contributed by atoms with Crippen LogP contribution in [0.25, 0.3) is 0 Å². The van der Waals surface area contributed by atoms with E-state index in [0.717, 1.165) is 0 Å². The maximum absolute atomic E-state index is 3.66. The van der Waals surface area contributed by atoms with E-state index in [1.807, 2.05) is 5.41 Å². The standard InChI is InChI=1S/C4H5N3S/c1-2-7-6-5-3-4-8-7/h2-4H,1H2. The molecule has 42 valence electrons. The van der Waals surface area contributed by atoms with E-state index in [1.165, 1.54) is 11.9 Å². The second-order valence-electron chi connectivity index (χ2n) is 1.08. The third-order valence-corrected chi connectivity index (χ3v) is 1.27. The smallest absolute Gasteiger partial charge is 0.0595 e. The Bertz CT molecular complexity index is 140. The Labute approximate surface area is 51.9 Å². The van der Waals surface area contributed by atoms with Crippen LogP contribution in [0.2, 0.25) is 0 Å². The third-order valence-electron chi connectivity index (χ3n) is 0.592. The van der Waals surface area contributed by atoms with Crippen molar-refractivity contribution in [2.45, 2.75) is 0 Å². The molecule has 1 heterocycles. The highest BCUT2D eigenvalue weighted by Crippen LogP contribution is 2.15. The molecule has 0 N–H and O–H groups in total. The zero-order valence-electron chi connectivity index (χ0n) is 4.19. The van der Waals surface area contributed by atoms with E-state index in [1.54, 1.807) is 16.8 Å². The Morgan fingerprint density at radius 3 is 3.00 bits per heavy atom. The van der Waals surface area contributed by atoms with Crippen molar-refractivity contribution < 1.29 is 0 Å². The minimum absolute atomic E-state index is 1.44. The predicted molar refractivity (Wildman–Crippen MR) is 33.6 cm³/mol. The first-order chi connectivity index (χ1) is 3.93. The van der Waals surface area contributed by atoms with Crippen LogP contribution in [0.5, 0.6) is 0 Å². The Hall–Kier alpha value is -0.770. The molecule has 0 amide bonds. The zero-order valence-corrected chi connectivity index (χ0v) is 5.01. The van der Waals surface area contributed by atoms with Crippen LogP contribution in [0, 0.1) is 0 Å². The van der Waals surface area contributed by atoms with Crippen molar-refractivity contribution in [2.75, 3.05) is 0 Å². The van der Waals surface area contributed by atoms with Crippen molar-refractivity contribution in [1.29, 1.82) is 0 Å². The van der Waals surface area contributed by atoms with Crippen molar-refractivity contribution >= 4 is 11.9 Å². The van der Waals surface area contributed by atoms with Crippen LogP contribution < -0.4 is 0 Å². The summed E-state index contributed by atoms with van der Waals surface area (Å²) in [5, 5.41) is 9.10. The molecule has 0 saturated heterocycles. The molecule has 1 rings (SSSR count). The van der Waals surface area contributed by atoms with Gasteiger partial charge in [-0.25, -0.2) is 0 Å². The topological polar surface area (TPSA) is 28.0 Å².